The zero-order valence-corrected chi connectivity index (χ0v) is 9.79. The first-order valence-corrected chi connectivity index (χ1v) is 5.17. The highest BCUT2D eigenvalue weighted by atomic mass is 16.5. The third-order valence-corrected chi connectivity index (χ3v) is 2.36. The molecule has 0 rings (SSSR count). The van der Waals surface area contributed by atoms with E-state index >= 15 is 0 Å². The van der Waals surface area contributed by atoms with E-state index in [9.17, 15) is 5.11 Å². The van der Waals surface area contributed by atoms with Gasteiger partial charge in [-0.05, 0) is 20.9 Å². The number of nitrogens with one attached hydrogen (secondary N) is 1. The van der Waals surface area contributed by atoms with Crippen molar-refractivity contribution < 1.29 is 9.84 Å². The summed E-state index contributed by atoms with van der Waals surface area (Å²) in [5.41, 5.74) is 0. The van der Waals surface area contributed by atoms with Crippen molar-refractivity contribution >= 4 is 0 Å². The summed E-state index contributed by atoms with van der Waals surface area (Å²) in [5, 5.41) is 12.5. The van der Waals surface area contributed by atoms with Crippen molar-refractivity contribution in [3.05, 3.63) is 0 Å². The van der Waals surface area contributed by atoms with Gasteiger partial charge < -0.3 is 20.1 Å². The number of aliphatic hydroxyl groups excluding tert-OH is 1. The lowest BCUT2D eigenvalue weighted by Crippen LogP contribution is -2.40. The summed E-state index contributed by atoms with van der Waals surface area (Å²) in [6.45, 7) is 7.36. The summed E-state index contributed by atoms with van der Waals surface area (Å²) in [6, 6.07) is 0.158. The Labute approximate surface area is 87.2 Å². The molecule has 0 radical (unpaired) electrons. The van der Waals surface area contributed by atoms with Gasteiger partial charge in [0, 0.05) is 32.8 Å². The van der Waals surface area contributed by atoms with Gasteiger partial charge in [-0.3, -0.25) is 0 Å². The van der Waals surface area contributed by atoms with Crippen LogP contribution in [0.3, 0.4) is 0 Å². The molecule has 0 aromatic rings. The van der Waals surface area contributed by atoms with Crippen LogP contribution >= 0.6 is 0 Å². The van der Waals surface area contributed by atoms with Crippen molar-refractivity contribution in [2.45, 2.75) is 26.0 Å². The van der Waals surface area contributed by atoms with E-state index in [1.165, 1.54) is 0 Å². The van der Waals surface area contributed by atoms with E-state index in [0.717, 1.165) is 26.2 Å². The molecule has 0 aromatic carbocycles. The topological polar surface area (TPSA) is 44.7 Å². The molecule has 0 aliphatic rings. The van der Waals surface area contributed by atoms with Crippen LogP contribution in [0.15, 0.2) is 0 Å². The molecule has 2 unspecified atom stereocenters. The second-order valence-corrected chi connectivity index (χ2v) is 3.78. The Morgan fingerprint density at radius 3 is 2.50 bits per heavy atom. The fraction of sp³-hybridized carbons (Fsp3) is 1.00. The van der Waals surface area contributed by atoms with E-state index in [2.05, 4.69) is 17.3 Å². The Kier molecular flexibility index (Phi) is 8.08. The molecule has 0 spiro atoms. The SMILES string of the molecule is COCCN(C)CCNC(C)C(C)O. The van der Waals surface area contributed by atoms with Crippen LogP contribution in [0.4, 0.5) is 0 Å². The van der Waals surface area contributed by atoms with Gasteiger partial charge >= 0.3 is 0 Å². The molecular formula is C10H24N2O2. The van der Waals surface area contributed by atoms with Crippen molar-refractivity contribution in [1.29, 1.82) is 0 Å². The van der Waals surface area contributed by atoms with E-state index in [1.807, 2.05) is 6.92 Å². The third kappa shape index (κ3) is 7.26. The van der Waals surface area contributed by atoms with Crippen LogP contribution in [0.25, 0.3) is 0 Å². The minimum atomic E-state index is -0.292. The van der Waals surface area contributed by atoms with Crippen molar-refractivity contribution in [3.8, 4) is 0 Å². The second kappa shape index (κ2) is 8.17. The standard InChI is InChI=1S/C10H24N2O2/c1-9(10(2)13)11-5-6-12(3)7-8-14-4/h9-11,13H,5-8H2,1-4H3. The predicted molar refractivity (Wildman–Crippen MR) is 58.5 cm³/mol. The van der Waals surface area contributed by atoms with Crippen molar-refractivity contribution in [2.75, 3.05) is 40.4 Å². The number of likely N-dealkylation sites (N-methyl/N-ethyl adjacent to an activating group) is 1. The molecule has 0 saturated carbocycles. The lowest BCUT2D eigenvalue weighted by atomic mass is 10.2. The van der Waals surface area contributed by atoms with Gasteiger partial charge in [-0.1, -0.05) is 0 Å². The van der Waals surface area contributed by atoms with Crippen LogP contribution in [-0.4, -0.2) is 62.6 Å². The molecule has 14 heavy (non-hydrogen) atoms. The number of rotatable bonds is 8. The van der Waals surface area contributed by atoms with Crippen LogP contribution in [0.5, 0.6) is 0 Å². The van der Waals surface area contributed by atoms with Crippen molar-refractivity contribution in [3.63, 3.8) is 0 Å². The minimum Gasteiger partial charge on any atom is -0.392 e. The monoisotopic (exact) mass is 204 g/mol. The Balaban J connectivity index is 3.34. The van der Waals surface area contributed by atoms with Crippen LogP contribution in [0, 0.1) is 0 Å². The van der Waals surface area contributed by atoms with E-state index in [4.69, 9.17) is 4.74 Å². The normalized spacial score (nSPS) is 15.9. The van der Waals surface area contributed by atoms with Crippen LogP contribution in [-0.2, 0) is 4.74 Å². The quantitative estimate of drug-likeness (QED) is 0.581. The predicted octanol–water partition coefficient (Wildman–Crippen LogP) is -0.0765. The van der Waals surface area contributed by atoms with Gasteiger partial charge in [0.25, 0.3) is 0 Å². The summed E-state index contributed by atoms with van der Waals surface area (Å²) in [5.74, 6) is 0. The zero-order chi connectivity index (χ0) is 11.0. The number of aliphatic hydroxyl groups is 1. The lowest BCUT2D eigenvalue weighted by Gasteiger charge is -2.20. The number of methoxy groups -OCH3 is 1. The van der Waals surface area contributed by atoms with Gasteiger partial charge in [0.2, 0.25) is 0 Å². The maximum atomic E-state index is 9.23. The fourth-order valence-corrected chi connectivity index (χ4v) is 1.01. The summed E-state index contributed by atoms with van der Waals surface area (Å²) in [6.07, 6.45) is -0.292. The molecule has 0 aromatic heterocycles. The molecule has 0 aliphatic heterocycles. The zero-order valence-electron chi connectivity index (χ0n) is 9.79. The highest BCUT2D eigenvalue weighted by Gasteiger charge is 2.07. The Bertz CT molecular complexity index is 131. The van der Waals surface area contributed by atoms with E-state index in [1.54, 1.807) is 14.0 Å². The van der Waals surface area contributed by atoms with E-state index in [0.29, 0.717) is 0 Å². The average molecular weight is 204 g/mol. The van der Waals surface area contributed by atoms with Gasteiger partial charge in [0.15, 0.2) is 0 Å². The molecule has 2 atom stereocenters. The van der Waals surface area contributed by atoms with Crippen LogP contribution in [0.1, 0.15) is 13.8 Å². The van der Waals surface area contributed by atoms with Gasteiger partial charge in [-0.15, -0.1) is 0 Å². The molecule has 0 amide bonds. The highest BCUT2D eigenvalue weighted by Crippen LogP contribution is 1.89. The van der Waals surface area contributed by atoms with Crippen molar-refractivity contribution in [2.24, 2.45) is 0 Å². The van der Waals surface area contributed by atoms with Crippen molar-refractivity contribution in [1.82, 2.24) is 10.2 Å². The van der Waals surface area contributed by atoms with Gasteiger partial charge in [0.05, 0.1) is 12.7 Å². The van der Waals surface area contributed by atoms with E-state index < -0.39 is 0 Å². The van der Waals surface area contributed by atoms with Gasteiger partial charge in [-0.25, -0.2) is 0 Å². The summed E-state index contributed by atoms with van der Waals surface area (Å²) in [4.78, 5) is 2.20. The summed E-state index contributed by atoms with van der Waals surface area (Å²) in [7, 11) is 3.77. The minimum absolute atomic E-state index is 0.158. The number of nitrogens with zero attached hydrogens (tertiary/aromatic N) is 1. The lowest BCUT2D eigenvalue weighted by molar-refractivity contribution is 0.144. The molecule has 0 bridgehead atoms. The third-order valence-electron chi connectivity index (χ3n) is 2.36. The molecule has 4 nitrogen and oxygen atoms in total. The fourth-order valence-electron chi connectivity index (χ4n) is 1.01. The maximum Gasteiger partial charge on any atom is 0.0662 e. The number of ether oxygens (including phenoxy) is 1. The Morgan fingerprint density at radius 1 is 1.36 bits per heavy atom. The second-order valence-electron chi connectivity index (χ2n) is 3.78. The van der Waals surface area contributed by atoms with Crippen LogP contribution < -0.4 is 5.32 Å². The van der Waals surface area contributed by atoms with E-state index in [-0.39, 0.29) is 12.1 Å². The molecular weight excluding hydrogens is 180 g/mol. The first-order chi connectivity index (χ1) is 6.57. The highest BCUT2D eigenvalue weighted by molar-refractivity contribution is 4.67. The Morgan fingerprint density at radius 2 is 2.00 bits per heavy atom. The Hall–Kier alpha value is -0.160. The summed E-state index contributed by atoms with van der Waals surface area (Å²) >= 11 is 0. The first kappa shape index (κ1) is 13.8. The maximum absolute atomic E-state index is 9.23. The number of hydrogen-bond donors (Lipinski definition) is 2. The largest absolute Gasteiger partial charge is 0.392 e. The molecule has 0 heterocycles. The molecule has 0 aliphatic carbocycles. The summed E-state index contributed by atoms with van der Waals surface area (Å²) < 4.78 is 4.98. The van der Waals surface area contributed by atoms with Gasteiger partial charge in [0.1, 0.15) is 0 Å². The molecule has 4 heteroatoms. The smallest absolute Gasteiger partial charge is 0.0662 e. The number of hydrogen-bond acceptors (Lipinski definition) is 4. The molecule has 2 N–H and O–H groups in total. The van der Waals surface area contributed by atoms with Crippen LogP contribution in [0.2, 0.25) is 0 Å². The molecule has 0 saturated heterocycles. The average Bonchev–Trinajstić information content (AvgIpc) is 2.14. The first-order valence-electron chi connectivity index (χ1n) is 5.17. The molecule has 86 valence electrons. The van der Waals surface area contributed by atoms with Gasteiger partial charge in [-0.2, -0.15) is 0 Å². The molecule has 0 fully saturated rings.